The molecular formula is C24H27FN6. The van der Waals surface area contributed by atoms with E-state index in [-0.39, 0.29) is 5.82 Å². The number of halogens is 1. The summed E-state index contributed by atoms with van der Waals surface area (Å²) in [5.41, 5.74) is 5.88. The largest absolute Gasteiger partial charge is 0.378 e. The van der Waals surface area contributed by atoms with E-state index in [1.807, 2.05) is 52.2 Å². The van der Waals surface area contributed by atoms with E-state index >= 15 is 0 Å². The molecule has 0 aliphatic carbocycles. The zero-order valence-corrected chi connectivity index (χ0v) is 18.3. The third kappa shape index (κ3) is 4.45. The lowest BCUT2D eigenvalue weighted by Gasteiger charge is -2.13. The van der Waals surface area contributed by atoms with Gasteiger partial charge in [0.2, 0.25) is 0 Å². The van der Waals surface area contributed by atoms with Gasteiger partial charge in [-0.1, -0.05) is 6.07 Å². The molecule has 4 rings (SSSR count). The molecule has 0 saturated heterocycles. The van der Waals surface area contributed by atoms with Crippen molar-refractivity contribution < 1.29 is 4.39 Å². The average molecular weight is 419 g/mol. The molecule has 0 aliphatic rings. The number of rotatable bonds is 7. The molecule has 0 atom stereocenters. The second-order valence-corrected chi connectivity index (χ2v) is 7.87. The van der Waals surface area contributed by atoms with Crippen LogP contribution >= 0.6 is 0 Å². The van der Waals surface area contributed by atoms with Gasteiger partial charge < -0.3 is 20.5 Å². The molecule has 6 nitrogen and oxygen atoms in total. The summed E-state index contributed by atoms with van der Waals surface area (Å²) >= 11 is 0. The van der Waals surface area contributed by atoms with Gasteiger partial charge in [0.05, 0.1) is 5.52 Å². The Kier molecular flexibility index (Phi) is 5.75. The van der Waals surface area contributed by atoms with Crippen LogP contribution in [0.1, 0.15) is 16.8 Å². The van der Waals surface area contributed by atoms with Crippen LogP contribution in [0.3, 0.4) is 0 Å². The van der Waals surface area contributed by atoms with Gasteiger partial charge in [0.15, 0.2) is 0 Å². The van der Waals surface area contributed by atoms with Crippen molar-refractivity contribution in [3.05, 3.63) is 71.4 Å². The van der Waals surface area contributed by atoms with E-state index < -0.39 is 0 Å². The Labute approximate surface area is 181 Å². The van der Waals surface area contributed by atoms with Gasteiger partial charge in [-0.3, -0.25) is 0 Å². The summed E-state index contributed by atoms with van der Waals surface area (Å²) < 4.78 is 14.2. The van der Waals surface area contributed by atoms with Crippen LogP contribution in [0.4, 0.5) is 27.4 Å². The summed E-state index contributed by atoms with van der Waals surface area (Å²) in [5.74, 6) is 1.24. The molecule has 2 heterocycles. The Morgan fingerprint density at radius 3 is 2.48 bits per heavy atom. The Hall–Kier alpha value is -3.61. The van der Waals surface area contributed by atoms with Crippen molar-refractivity contribution in [3.8, 4) is 0 Å². The van der Waals surface area contributed by atoms with Crippen LogP contribution in [0.15, 0.2) is 48.8 Å². The number of fused-ring (bicyclic) bond motifs is 1. The highest BCUT2D eigenvalue weighted by Gasteiger charge is 2.13. The standard InChI is InChI=1S/C24H27FN6/c1-15-5-10-20(25)24-23(15)19(16(2)29-24)11-12-26-21-13-22(28-14-27-21)30-17-6-8-18(9-7-17)31(3)4/h5-10,13-14,29H,11-12H2,1-4H3,(H2,26,27,28,30). The lowest BCUT2D eigenvalue weighted by molar-refractivity contribution is 0.637. The number of aryl methyl sites for hydroxylation is 2. The fourth-order valence-corrected chi connectivity index (χ4v) is 3.78. The van der Waals surface area contributed by atoms with Crippen LogP contribution in [0.2, 0.25) is 0 Å². The summed E-state index contributed by atoms with van der Waals surface area (Å²) in [4.78, 5) is 13.9. The highest BCUT2D eigenvalue weighted by molar-refractivity contribution is 5.88. The minimum Gasteiger partial charge on any atom is -0.378 e. The van der Waals surface area contributed by atoms with Gasteiger partial charge in [-0.05, 0) is 61.7 Å². The number of anilines is 4. The molecule has 0 spiro atoms. The SMILES string of the molecule is Cc1[nH]c2c(F)ccc(C)c2c1CCNc1cc(Nc2ccc(N(C)C)cc2)ncn1. The molecule has 2 aromatic carbocycles. The van der Waals surface area contributed by atoms with Crippen LogP contribution in [0.5, 0.6) is 0 Å². The van der Waals surface area contributed by atoms with E-state index in [0.29, 0.717) is 12.1 Å². The third-order valence-corrected chi connectivity index (χ3v) is 5.43. The van der Waals surface area contributed by atoms with Crippen molar-refractivity contribution in [1.82, 2.24) is 15.0 Å². The number of aromatic nitrogens is 3. The number of hydrogen-bond donors (Lipinski definition) is 3. The number of nitrogens with zero attached hydrogens (tertiary/aromatic N) is 3. The molecule has 0 saturated carbocycles. The van der Waals surface area contributed by atoms with Gasteiger partial charge in [0, 0.05) is 49.2 Å². The second kappa shape index (κ2) is 8.63. The molecule has 0 bridgehead atoms. The van der Waals surface area contributed by atoms with Crippen molar-refractivity contribution in [2.45, 2.75) is 20.3 Å². The van der Waals surface area contributed by atoms with Gasteiger partial charge >= 0.3 is 0 Å². The molecule has 0 aliphatic heterocycles. The van der Waals surface area contributed by atoms with Gasteiger partial charge in [0.25, 0.3) is 0 Å². The lowest BCUT2D eigenvalue weighted by Crippen LogP contribution is -2.08. The average Bonchev–Trinajstić information content (AvgIpc) is 3.09. The van der Waals surface area contributed by atoms with Crippen LogP contribution < -0.4 is 15.5 Å². The molecule has 4 aromatic rings. The Bertz CT molecular complexity index is 1200. The second-order valence-electron chi connectivity index (χ2n) is 7.87. The summed E-state index contributed by atoms with van der Waals surface area (Å²) in [6.45, 7) is 4.68. The number of aromatic amines is 1. The normalized spacial score (nSPS) is 11.0. The van der Waals surface area contributed by atoms with Crippen molar-refractivity contribution in [1.29, 1.82) is 0 Å². The molecule has 0 fully saturated rings. The summed E-state index contributed by atoms with van der Waals surface area (Å²) in [6.07, 6.45) is 2.30. The van der Waals surface area contributed by atoms with Crippen molar-refractivity contribution >= 4 is 33.9 Å². The predicted octanol–water partition coefficient (Wildman–Crippen LogP) is 5.18. The third-order valence-electron chi connectivity index (χ3n) is 5.43. The first-order chi connectivity index (χ1) is 14.9. The number of nitrogens with one attached hydrogen (secondary N) is 3. The first-order valence-corrected chi connectivity index (χ1v) is 10.3. The van der Waals surface area contributed by atoms with E-state index in [4.69, 9.17) is 0 Å². The van der Waals surface area contributed by atoms with E-state index in [1.165, 1.54) is 12.4 Å². The molecule has 3 N–H and O–H groups in total. The van der Waals surface area contributed by atoms with E-state index in [1.54, 1.807) is 0 Å². The minimum atomic E-state index is -0.215. The van der Waals surface area contributed by atoms with E-state index in [2.05, 4.69) is 42.6 Å². The summed E-state index contributed by atoms with van der Waals surface area (Å²) in [5, 5.41) is 7.64. The fraction of sp³-hybridized carbons (Fsp3) is 0.250. The first kappa shape index (κ1) is 20.7. The maximum absolute atomic E-state index is 14.2. The lowest BCUT2D eigenvalue weighted by atomic mass is 10.0. The van der Waals surface area contributed by atoms with E-state index in [0.717, 1.165) is 51.6 Å². The van der Waals surface area contributed by atoms with Crippen LogP contribution in [-0.2, 0) is 6.42 Å². The number of H-pyrrole nitrogens is 1. The van der Waals surface area contributed by atoms with Gasteiger partial charge in [-0.2, -0.15) is 0 Å². The molecule has 0 amide bonds. The fourth-order valence-electron chi connectivity index (χ4n) is 3.78. The zero-order chi connectivity index (χ0) is 22.0. The monoisotopic (exact) mass is 418 g/mol. The smallest absolute Gasteiger partial charge is 0.147 e. The van der Waals surface area contributed by atoms with Gasteiger partial charge in [-0.15, -0.1) is 0 Å². The Morgan fingerprint density at radius 2 is 1.74 bits per heavy atom. The zero-order valence-electron chi connectivity index (χ0n) is 18.3. The van der Waals surface area contributed by atoms with Gasteiger partial charge in [0.1, 0.15) is 23.8 Å². The van der Waals surface area contributed by atoms with Crippen LogP contribution in [-0.4, -0.2) is 35.6 Å². The first-order valence-electron chi connectivity index (χ1n) is 10.3. The minimum absolute atomic E-state index is 0.215. The molecule has 31 heavy (non-hydrogen) atoms. The molecule has 2 aromatic heterocycles. The Morgan fingerprint density at radius 1 is 1.00 bits per heavy atom. The van der Waals surface area contributed by atoms with E-state index in [9.17, 15) is 4.39 Å². The summed E-state index contributed by atoms with van der Waals surface area (Å²) in [7, 11) is 4.03. The highest BCUT2D eigenvalue weighted by atomic mass is 19.1. The highest BCUT2D eigenvalue weighted by Crippen LogP contribution is 2.28. The summed E-state index contributed by atoms with van der Waals surface area (Å²) in [6, 6.07) is 13.4. The van der Waals surface area contributed by atoms with Crippen LogP contribution in [0.25, 0.3) is 10.9 Å². The molecule has 0 radical (unpaired) electrons. The molecule has 0 unspecified atom stereocenters. The topological polar surface area (TPSA) is 68.9 Å². The predicted molar refractivity (Wildman–Crippen MR) is 126 cm³/mol. The molecular weight excluding hydrogens is 391 g/mol. The van der Waals surface area contributed by atoms with Crippen LogP contribution in [0, 0.1) is 19.7 Å². The maximum atomic E-state index is 14.2. The van der Waals surface area contributed by atoms with Crippen molar-refractivity contribution in [2.75, 3.05) is 36.2 Å². The molecule has 7 heteroatoms. The van der Waals surface area contributed by atoms with Crippen molar-refractivity contribution in [3.63, 3.8) is 0 Å². The maximum Gasteiger partial charge on any atom is 0.147 e. The van der Waals surface area contributed by atoms with Crippen molar-refractivity contribution in [2.24, 2.45) is 0 Å². The number of hydrogen-bond acceptors (Lipinski definition) is 5. The Balaban J connectivity index is 1.43. The quantitative estimate of drug-likeness (QED) is 0.386. The molecule has 160 valence electrons. The number of benzene rings is 2. The van der Waals surface area contributed by atoms with Gasteiger partial charge in [-0.25, -0.2) is 14.4 Å².